The summed E-state index contributed by atoms with van der Waals surface area (Å²) < 4.78 is 5.05. The van der Waals surface area contributed by atoms with Gasteiger partial charge >= 0.3 is 6.09 Å². The SMILES string of the molecule is Cc1cccc(C(O)C(O)CNC(=O)OC(C)(C)C)c1Cl. The first kappa shape index (κ1) is 17.8. The molecule has 0 saturated heterocycles. The monoisotopic (exact) mass is 315 g/mol. The molecule has 6 heteroatoms. The van der Waals surface area contributed by atoms with Crippen molar-refractivity contribution in [1.82, 2.24) is 5.32 Å². The maximum absolute atomic E-state index is 11.5. The van der Waals surface area contributed by atoms with Gasteiger partial charge in [0.25, 0.3) is 0 Å². The number of carbonyl (C=O) groups is 1. The lowest BCUT2D eigenvalue weighted by atomic mass is 10.0. The summed E-state index contributed by atoms with van der Waals surface area (Å²) >= 11 is 6.10. The lowest BCUT2D eigenvalue weighted by Gasteiger charge is -2.23. The number of rotatable bonds is 4. The summed E-state index contributed by atoms with van der Waals surface area (Å²) in [6.07, 6.45) is -3.02. The molecule has 3 N–H and O–H groups in total. The van der Waals surface area contributed by atoms with Gasteiger partial charge in [0.05, 0.1) is 0 Å². The van der Waals surface area contributed by atoms with Gasteiger partial charge in [0, 0.05) is 17.1 Å². The van der Waals surface area contributed by atoms with Crippen LogP contribution in [0.15, 0.2) is 18.2 Å². The van der Waals surface area contributed by atoms with Crippen molar-refractivity contribution in [3.8, 4) is 0 Å². The van der Waals surface area contributed by atoms with E-state index < -0.39 is 23.9 Å². The number of alkyl carbamates (subject to hydrolysis) is 1. The van der Waals surface area contributed by atoms with Crippen molar-refractivity contribution in [2.75, 3.05) is 6.54 Å². The zero-order chi connectivity index (χ0) is 16.2. The number of ether oxygens (including phenoxy) is 1. The van der Waals surface area contributed by atoms with Crippen LogP contribution in [0, 0.1) is 6.92 Å². The molecule has 0 aliphatic carbocycles. The van der Waals surface area contributed by atoms with Gasteiger partial charge in [-0.25, -0.2) is 4.79 Å². The van der Waals surface area contributed by atoms with Crippen molar-refractivity contribution in [2.24, 2.45) is 0 Å². The summed E-state index contributed by atoms with van der Waals surface area (Å²) in [5, 5.41) is 22.9. The fourth-order valence-electron chi connectivity index (χ4n) is 1.72. The molecule has 0 aromatic heterocycles. The fourth-order valence-corrected chi connectivity index (χ4v) is 1.96. The molecule has 0 aliphatic rings. The molecule has 2 atom stereocenters. The Kier molecular flexibility index (Phi) is 6.01. The molecule has 2 unspecified atom stereocenters. The summed E-state index contributed by atoms with van der Waals surface area (Å²) in [6.45, 7) is 6.89. The van der Waals surface area contributed by atoms with Gasteiger partial charge in [-0.05, 0) is 33.3 Å². The van der Waals surface area contributed by atoms with Crippen molar-refractivity contribution >= 4 is 17.7 Å². The summed E-state index contributed by atoms with van der Waals surface area (Å²) in [6, 6.07) is 5.19. The van der Waals surface area contributed by atoms with Crippen molar-refractivity contribution in [3.05, 3.63) is 34.3 Å². The van der Waals surface area contributed by atoms with Crippen LogP contribution in [0.1, 0.15) is 38.0 Å². The molecule has 21 heavy (non-hydrogen) atoms. The third-order valence-electron chi connectivity index (χ3n) is 2.76. The number of halogens is 1. The Morgan fingerprint density at radius 3 is 2.57 bits per heavy atom. The largest absolute Gasteiger partial charge is 0.444 e. The van der Waals surface area contributed by atoms with Crippen LogP contribution in [0.3, 0.4) is 0 Å². The highest BCUT2D eigenvalue weighted by molar-refractivity contribution is 6.32. The van der Waals surface area contributed by atoms with Crippen LogP contribution in [0.2, 0.25) is 5.02 Å². The van der Waals surface area contributed by atoms with Gasteiger partial charge in [0.1, 0.15) is 17.8 Å². The normalized spacial score (nSPS) is 14.4. The number of carbonyl (C=O) groups excluding carboxylic acids is 1. The van der Waals surface area contributed by atoms with E-state index in [-0.39, 0.29) is 6.54 Å². The number of aryl methyl sites for hydroxylation is 1. The Hall–Kier alpha value is -1.30. The standard InChI is InChI=1S/C15H22ClNO4/c1-9-6-5-7-10(12(9)16)13(19)11(18)8-17-14(20)21-15(2,3)4/h5-7,11,13,18-19H,8H2,1-4H3,(H,17,20). The fraction of sp³-hybridized carbons (Fsp3) is 0.533. The average Bonchev–Trinajstić information content (AvgIpc) is 2.36. The maximum Gasteiger partial charge on any atom is 0.407 e. The second-order valence-corrected chi connectivity index (χ2v) is 6.25. The van der Waals surface area contributed by atoms with Crippen LogP contribution in [0.25, 0.3) is 0 Å². The molecule has 1 rings (SSSR count). The van der Waals surface area contributed by atoms with Gasteiger partial charge in [-0.1, -0.05) is 29.8 Å². The average molecular weight is 316 g/mol. The van der Waals surface area contributed by atoms with Crippen molar-refractivity contribution in [3.63, 3.8) is 0 Å². The van der Waals surface area contributed by atoms with Gasteiger partial charge in [-0.3, -0.25) is 0 Å². The third-order valence-corrected chi connectivity index (χ3v) is 3.28. The zero-order valence-electron chi connectivity index (χ0n) is 12.7. The molecule has 118 valence electrons. The molecule has 1 aromatic carbocycles. The quantitative estimate of drug-likeness (QED) is 0.798. The molecule has 0 bridgehead atoms. The first-order valence-corrected chi connectivity index (χ1v) is 7.07. The molecule has 0 heterocycles. The Balaban J connectivity index is 2.61. The van der Waals surface area contributed by atoms with Gasteiger partial charge in [0.15, 0.2) is 0 Å². The molecule has 0 spiro atoms. The van der Waals surface area contributed by atoms with Crippen LogP contribution in [0.5, 0.6) is 0 Å². The van der Waals surface area contributed by atoms with E-state index in [0.29, 0.717) is 10.6 Å². The minimum atomic E-state index is -1.19. The number of benzene rings is 1. The molecule has 5 nitrogen and oxygen atoms in total. The van der Waals surface area contributed by atoms with E-state index in [4.69, 9.17) is 16.3 Å². The lowest BCUT2D eigenvalue weighted by molar-refractivity contribution is 0.0129. The summed E-state index contributed by atoms with van der Waals surface area (Å²) in [7, 11) is 0. The lowest BCUT2D eigenvalue weighted by Crippen LogP contribution is -2.38. The second-order valence-electron chi connectivity index (χ2n) is 5.87. The van der Waals surface area contributed by atoms with Crippen molar-refractivity contribution < 1.29 is 19.7 Å². The zero-order valence-corrected chi connectivity index (χ0v) is 13.4. The van der Waals surface area contributed by atoms with E-state index in [1.807, 2.05) is 13.0 Å². The molecule has 0 aliphatic heterocycles. The first-order valence-electron chi connectivity index (χ1n) is 6.70. The van der Waals surface area contributed by atoms with Gasteiger partial charge < -0.3 is 20.3 Å². The Morgan fingerprint density at radius 1 is 1.38 bits per heavy atom. The van der Waals surface area contributed by atoms with Crippen LogP contribution < -0.4 is 5.32 Å². The highest BCUT2D eigenvalue weighted by Crippen LogP contribution is 2.27. The van der Waals surface area contributed by atoms with Gasteiger partial charge in [-0.2, -0.15) is 0 Å². The Morgan fingerprint density at radius 2 is 2.00 bits per heavy atom. The van der Waals surface area contributed by atoms with E-state index in [1.165, 1.54) is 0 Å². The summed E-state index contributed by atoms with van der Waals surface area (Å²) in [4.78, 5) is 11.5. The maximum atomic E-state index is 11.5. The molecule has 1 amide bonds. The summed E-state index contributed by atoms with van der Waals surface area (Å²) in [5.41, 5.74) is 0.615. The Bertz CT molecular complexity index is 499. The number of aliphatic hydroxyl groups is 2. The van der Waals surface area contributed by atoms with E-state index in [1.54, 1.807) is 32.9 Å². The number of hydrogen-bond acceptors (Lipinski definition) is 4. The van der Waals surface area contributed by atoms with Crippen molar-refractivity contribution in [2.45, 2.75) is 45.5 Å². The number of amides is 1. The highest BCUT2D eigenvalue weighted by Gasteiger charge is 2.23. The number of aliphatic hydroxyl groups excluding tert-OH is 2. The van der Waals surface area contributed by atoms with E-state index in [2.05, 4.69) is 5.32 Å². The van der Waals surface area contributed by atoms with Gasteiger partial charge in [-0.15, -0.1) is 0 Å². The predicted molar refractivity (Wildman–Crippen MR) is 81.4 cm³/mol. The van der Waals surface area contributed by atoms with E-state index >= 15 is 0 Å². The van der Waals surface area contributed by atoms with Crippen LogP contribution in [-0.2, 0) is 4.74 Å². The minimum Gasteiger partial charge on any atom is -0.444 e. The molecule has 0 radical (unpaired) electrons. The predicted octanol–water partition coefficient (Wildman–Crippen LogP) is 2.57. The minimum absolute atomic E-state index is 0.139. The van der Waals surface area contributed by atoms with Crippen LogP contribution in [0.4, 0.5) is 4.79 Å². The Labute approximate surface area is 129 Å². The van der Waals surface area contributed by atoms with E-state index in [9.17, 15) is 15.0 Å². The molecule has 0 fully saturated rings. The molecular weight excluding hydrogens is 294 g/mol. The molecular formula is C15H22ClNO4. The second kappa shape index (κ2) is 7.11. The van der Waals surface area contributed by atoms with Gasteiger partial charge in [0.2, 0.25) is 0 Å². The first-order chi connectivity index (χ1) is 9.61. The van der Waals surface area contributed by atoms with Crippen LogP contribution in [-0.4, -0.2) is 34.6 Å². The topological polar surface area (TPSA) is 78.8 Å². The molecule has 0 saturated carbocycles. The highest BCUT2D eigenvalue weighted by atomic mass is 35.5. The third kappa shape index (κ3) is 5.53. The number of nitrogens with one attached hydrogen (secondary N) is 1. The smallest absolute Gasteiger partial charge is 0.407 e. The van der Waals surface area contributed by atoms with E-state index in [0.717, 1.165) is 5.56 Å². The number of hydrogen-bond donors (Lipinski definition) is 3. The van der Waals surface area contributed by atoms with Crippen LogP contribution >= 0.6 is 11.6 Å². The molecule has 1 aromatic rings. The van der Waals surface area contributed by atoms with Crippen molar-refractivity contribution in [1.29, 1.82) is 0 Å². The summed E-state index contributed by atoms with van der Waals surface area (Å²) in [5.74, 6) is 0.